The Balaban J connectivity index is 1.23. The molecule has 0 saturated heterocycles. The summed E-state index contributed by atoms with van der Waals surface area (Å²) < 4.78 is 7.03. The fraction of sp³-hybridized carbons (Fsp3) is 0.125. The van der Waals surface area contributed by atoms with Crippen molar-refractivity contribution in [2.75, 3.05) is 5.32 Å². The third-order valence-electron chi connectivity index (χ3n) is 5.11. The van der Waals surface area contributed by atoms with Crippen LogP contribution in [0.4, 0.5) is 5.82 Å². The first-order chi connectivity index (χ1) is 15.8. The number of carbonyl (C=O) groups is 1. The van der Waals surface area contributed by atoms with Crippen molar-refractivity contribution in [3.05, 3.63) is 90.6 Å². The number of aromatic nitrogens is 5. The van der Waals surface area contributed by atoms with E-state index in [0.29, 0.717) is 36.2 Å². The van der Waals surface area contributed by atoms with Crippen molar-refractivity contribution in [1.29, 1.82) is 0 Å². The van der Waals surface area contributed by atoms with Crippen molar-refractivity contribution in [3.63, 3.8) is 0 Å². The molecule has 0 bridgehead atoms. The zero-order valence-corrected chi connectivity index (χ0v) is 17.2. The zero-order chi connectivity index (χ0) is 21.8. The van der Waals surface area contributed by atoms with Crippen LogP contribution in [0.25, 0.3) is 22.3 Å². The van der Waals surface area contributed by atoms with Gasteiger partial charge in [-0.15, -0.1) is 0 Å². The van der Waals surface area contributed by atoms with Crippen LogP contribution in [0, 0.1) is 0 Å². The second-order valence-electron chi connectivity index (χ2n) is 7.29. The fourth-order valence-electron chi connectivity index (χ4n) is 3.54. The topological polar surface area (TPSA) is 98.7 Å². The van der Waals surface area contributed by atoms with Gasteiger partial charge in [0.1, 0.15) is 11.5 Å². The second-order valence-corrected chi connectivity index (χ2v) is 7.29. The number of anilines is 1. The van der Waals surface area contributed by atoms with Gasteiger partial charge in [-0.25, -0.2) is 4.68 Å². The van der Waals surface area contributed by atoms with Gasteiger partial charge in [-0.05, 0) is 28.5 Å². The highest BCUT2D eigenvalue weighted by Crippen LogP contribution is 2.21. The molecule has 0 saturated carbocycles. The van der Waals surface area contributed by atoms with Crippen LogP contribution in [0.5, 0.6) is 0 Å². The lowest BCUT2D eigenvalue weighted by molar-refractivity contribution is -0.116. The molecule has 2 aromatic carbocycles. The summed E-state index contributed by atoms with van der Waals surface area (Å²) in [5, 5.41) is 13.6. The van der Waals surface area contributed by atoms with Crippen LogP contribution in [0.3, 0.4) is 0 Å². The first kappa shape index (κ1) is 19.6. The summed E-state index contributed by atoms with van der Waals surface area (Å²) in [5.41, 5.74) is 1.76. The zero-order valence-electron chi connectivity index (χ0n) is 17.2. The molecule has 1 N–H and O–H groups in total. The Morgan fingerprint density at radius 3 is 2.75 bits per heavy atom. The van der Waals surface area contributed by atoms with Gasteiger partial charge in [0.05, 0.1) is 12.7 Å². The van der Waals surface area contributed by atoms with E-state index in [-0.39, 0.29) is 12.3 Å². The molecular formula is C24H20N6O2. The maximum Gasteiger partial charge on any atom is 0.227 e. The molecule has 0 fully saturated rings. The summed E-state index contributed by atoms with van der Waals surface area (Å²) in [5.74, 6) is 1.30. The molecule has 1 amide bonds. The number of hydrogen-bond acceptors (Lipinski definition) is 6. The van der Waals surface area contributed by atoms with Crippen LogP contribution in [-0.2, 0) is 17.8 Å². The van der Waals surface area contributed by atoms with Crippen molar-refractivity contribution in [2.24, 2.45) is 0 Å². The number of amides is 1. The molecule has 32 heavy (non-hydrogen) atoms. The molecule has 8 heteroatoms. The highest BCUT2D eigenvalue weighted by molar-refractivity contribution is 5.90. The number of pyridine rings is 1. The highest BCUT2D eigenvalue weighted by Gasteiger charge is 2.13. The van der Waals surface area contributed by atoms with E-state index in [9.17, 15) is 4.79 Å². The Labute approximate surface area is 183 Å². The number of benzene rings is 2. The van der Waals surface area contributed by atoms with E-state index in [2.05, 4.69) is 49.8 Å². The largest absolute Gasteiger partial charge is 0.339 e. The van der Waals surface area contributed by atoms with Crippen LogP contribution < -0.4 is 5.32 Å². The fourth-order valence-corrected chi connectivity index (χ4v) is 3.54. The van der Waals surface area contributed by atoms with Crippen LogP contribution in [0.2, 0.25) is 0 Å². The summed E-state index contributed by atoms with van der Waals surface area (Å²) in [6.07, 6.45) is 3.89. The van der Waals surface area contributed by atoms with Crippen LogP contribution in [0.15, 0.2) is 83.6 Å². The first-order valence-corrected chi connectivity index (χ1v) is 10.3. The quantitative estimate of drug-likeness (QED) is 0.422. The van der Waals surface area contributed by atoms with Crippen molar-refractivity contribution in [1.82, 2.24) is 24.9 Å². The summed E-state index contributed by atoms with van der Waals surface area (Å²) >= 11 is 0. The molecule has 3 heterocycles. The van der Waals surface area contributed by atoms with Gasteiger partial charge >= 0.3 is 0 Å². The van der Waals surface area contributed by atoms with Crippen LogP contribution in [0.1, 0.15) is 17.9 Å². The Morgan fingerprint density at radius 2 is 1.84 bits per heavy atom. The van der Waals surface area contributed by atoms with Gasteiger partial charge in [-0.2, -0.15) is 10.1 Å². The molecule has 0 radical (unpaired) electrons. The average molecular weight is 424 g/mol. The molecule has 0 spiro atoms. The lowest BCUT2D eigenvalue weighted by atomic mass is 10.0. The van der Waals surface area contributed by atoms with Crippen molar-refractivity contribution in [2.45, 2.75) is 19.4 Å². The lowest BCUT2D eigenvalue weighted by Crippen LogP contribution is -2.16. The number of aryl methyl sites for hydroxylation is 1. The number of hydrogen-bond donors (Lipinski definition) is 1. The van der Waals surface area contributed by atoms with E-state index in [4.69, 9.17) is 4.52 Å². The second kappa shape index (κ2) is 8.81. The standard InChI is InChI=1S/C24H20N6O2/c31-22(11-12-23-28-24(29-32-23)20-10-3-4-14-25-20)27-21-13-15-26-30(21)16-18-8-5-7-17-6-1-2-9-19(17)18/h1-10,13-15H,11-12,16H2,(H,27,31). The molecule has 0 atom stereocenters. The molecule has 0 unspecified atom stereocenters. The first-order valence-electron chi connectivity index (χ1n) is 10.3. The molecule has 0 aliphatic carbocycles. The van der Waals surface area contributed by atoms with Gasteiger partial charge in [0.2, 0.25) is 17.6 Å². The molecule has 0 aliphatic rings. The summed E-state index contributed by atoms with van der Waals surface area (Å²) in [7, 11) is 0. The summed E-state index contributed by atoms with van der Waals surface area (Å²) in [6.45, 7) is 0.557. The molecule has 8 nitrogen and oxygen atoms in total. The van der Waals surface area contributed by atoms with Gasteiger partial charge in [-0.1, -0.05) is 53.7 Å². The normalized spacial score (nSPS) is 11.0. The third-order valence-corrected chi connectivity index (χ3v) is 5.11. The van der Waals surface area contributed by atoms with Gasteiger partial charge in [0.25, 0.3) is 0 Å². The molecular weight excluding hydrogens is 404 g/mol. The monoisotopic (exact) mass is 424 g/mol. The molecule has 0 aliphatic heterocycles. The van der Waals surface area contributed by atoms with E-state index in [1.165, 1.54) is 10.8 Å². The molecule has 5 aromatic rings. The summed E-state index contributed by atoms with van der Waals surface area (Å²) in [6, 6.07) is 21.7. The SMILES string of the molecule is O=C(CCc1nc(-c2ccccn2)no1)Nc1ccnn1Cc1cccc2ccccc12. The van der Waals surface area contributed by atoms with Crippen molar-refractivity contribution >= 4 is 22.5 Å². The lowest BCUT2D eigenvalue weighted by Gasteiger charge is -2.11. The Kier molecular flexibility index (Phi) is 5.40. The van der Waals surface area contributed by atoms with Crippen LogP contribution in [-0.4, -0.2) is 30.8 Å². The van der Waals surface area contributed by atoms with Crippen molar-refractivity contribution < 1.29 is 9.32 Å². The van der Waals surface area contributed by atoms with E-state index in [1.54, 1.807) is 29.2 Å². The summed E-state index contributed by atoms with van der Waals surface area (Å²) in [4.78, 5) is 21.0. The number of nitrogens with zero attached hydrogens (tertiary/aromatic N) is 5. The predicted molar refractivity (Wildman–Crippen MR) is 120 cm³/mol. The maximum atomic E-state index is 12.5. The van der Waals surface area contributed by atoms with E-state index in [1.807, 2.05) is 30.3 Å². The van der Waals surface area contributed by atoms with Crippen molar-refractivity contribution in [3.8, 4) is 11.5 Å². The number of nitrogens with one attached hydrogen (secondary N) is 1. The van der Waals surface area contributed by atoms with Gasteiger partial charge in [-0.3, -0.25) is 9.78 Å². The third kappa shape index (κ3) is 4.24. The van der Waals surface area contributed by atoms with Gasteiger partial charge in [0, 0.05) is 25.1 Å². The Hall–Kier alpha value is -4.33. The van der Waals surface area contributed by atoms with E-state index < -0.39 is 0 Å². The minimum Gasteiger partial charge on any atom is -0.339 e. The number of fused-ring (bicyclic) bond motifs is 1. The minimum atomic E-state index is -0.151. The Bertz CT molecular complexity index is 1350. The Morgan fingerprint density at radius 1 is 0.969 bits per heavy atom. The molecule has 5 rings (SSSR count). The predicted octanol–water partition coefficient (Wildman–Crippen LogP) is 4.10. The highest BCUT2D eigenvalue weighted by atomic mass is 16.5. The van der Waals surface area contributed by atoms with Gasteiger partial charge in [0.15, 0.2) is 0 Å². The van der Waals surface area contributed by atoms with E-state index in [0.717, 1.165) is 5.56 Å². The molecule has 3 aromatic heterocycles. The smallest absolute Gasteiger partial charge is 0.227 e. The minimum absolute atomic E-state index is 0.151. The van der Waals surface area contributed by atoms with E-state index >= 15 is 0 Å². The average Bonchev–Trinajstić information content (AvgIpc) is 3.48. The molecule has 158 valence electrons. The van der Waals surface area contributed by atoms with Gasteiger partial charge < -0.3 is 9.84 Å². The maximum absolute atomic E-state index is 12.5. The number of carbonyl (C=O) groups excluding carboxylic acids is 1. The number of rotatable bonds is 7. The van der Waals surface area contributed by atoms with Crippen LogP contribution >= 0.6 is 0 Å².